The Bertz CT molecular complexity index is 2040. The highest BCUT2D eigenvalue weighted by atomic mass is 19.4. The van der Waals surface area contributed by atoms with Gasteiger partial charge in [-0.1, -0.05) is 66.7 Å². The second kappa shape index (κ2) is 18.7. The van der Waals surface area contributed by atoms with Crippen molar-refractivity contribution in [3.63, 3.8) is 0 Å². The van der Waals surface area contributed by atoms with E-state index in [2.05, 4.69) is 20.6 Å². The van der Waals surface area contributed by atoms with Crippen LogP contribution < -0.4 is 9.64 Å². The van der Waals surface area contributed by atoms with Crippen molar-refractivity contribution in [2.75, 3.05) is 57.3 Å². The number of nitriles is 1. The van der Waals surface area contributed by atoms with Gasteiger partial charge in [-0.15, -0.1) is 13.2 Å². The molecule has 2 fully saturated rings. The first kappa shape index (κ1) is 40.5. The fourth-order valence-electron chi connectivity index (χ4n) is 7.12. The van der Waals surface area contributed by atoms with E-state index in [4.69, 9.17) is 5.26 Å². The van der Waals surface area contributed by atoms with Gasteiger partial charge >= 0.3 is 6.36 Å². The average Bonchev–Trinajstić information content (AvgIpc) is 3.22. The van der Waals surface area contributed by atoms with Gasteiger partial charge in [0.2, 0.25) is 17.7 Å². The Hall–Kier alpha value is -6.13. The molecule has 0 aromatic heterocycles. The number of halogens is 3. The molecule has 0 saturated carbocycles. The van der Waals surface area contributed by atoms with Gasteiger partial charge in [0.15, 0.2) is 0 Å². The van der Waals surface area contributed by atoms with Crippen LogP contribution in [0.4, 0.5) is 18.9 Å². The molecular formula is C44H45F3N6O4. The lowest BCUT2D eigenvalue weighted by atomic mass is 10.0. The molecule has 6 rings (SSSR count). The highest BCUT2D eigenvalue weighted by molar-refractivity contribution is 5.96. The largest absolute Gasteiger partial charge is 0.573 e. The summed E-state index contributed by atoms with van der Waals surface area (Å²) in [5.41, 5.74) is 4.85. The van der Waals surface area contributed by atoms with Crippen molar-refractivity contribution in [2.45, 2.75) is 38.8 Å². The molecule has 0 N–H and O–H groups in total. The monoisotopic (exact) mass is 778 g/mol. The fourth-order valence-corrected chi connectivity index (χ4v) is 7.12. The Morgan fingerprint density at radius 3 is 1.98 bits per heavy atom. The molecular weight excluding hydrogens is 734 g/mol. The number of amides is 3. The molecule has 0 aliphatic carbocycles. The van der Waals surface area contributed by atoms with E-state index in [9.17, 15) is 27.6 Å². The zero-order valence-corrected chi connectivity index (χ0v) is 31.8. The van der Waals surface area contributed by atoms with Crippen molar-refractivity contribution >= 4 is 29.5 Å². The van der Waals surface area contributed by atoms with Gasteiger partial charge < -0.3 is 24.3 Å². The molecule has 2 heterocycles. The third kappa shape index (κ3) is 11.5. The Kier molecular flexibility index (Phi) is 13.3. The summed E-state index contributed by atoms with van der Waals surface area (Å²) in [6, 6.07) is 31.4. The summed E-state index contributed by atoms with van der Waals surface area (Å²) in [6.45, 7) is 7.26. The lowest BCUT2D eigenvalue weighted by molar-refractivity contribution is -0.274. The van der Waals surface area contributed by atoms with Crippen LogP contribution in [0, 0.1) is 11.3 Å². The van der Waals surface area contributed by atoms with Gasteiger partial charge in [-0.25, -0.2) is 0 Å². The average molecular weight is 779 g/mol. The second-order valence-electron chi connectivity index (χ2n) is 14.2. The number of nitrogens with zero attached hydrogens (tertiary/aromatic N) is 6. The minimum atomic E-state index is -4.82. The number of ether oxygens (including phenoxy) is 1. The van der Waals surface area contributed by atoms with Crippen LogP contribution in [0.1, 0.15) is 34.7 Å². The molecule has 3 amide bonds. The lowest BCUT2D eigenvalue weighted by Gasteiger charge is -2.39. The van der Waals surface area contributed by atoms with Crippen LogP contribution in [-0.2, 0) is 33.9 Å². The highest BCUT2D eigenvalue weighted by Crippen LogP contribution is 2.25. The number of carbonyl (C=O) groups is 3. The maximum absolute atomic E-state index is 14.7. The normalized spacial score (nSPS) is 15.6. The molecule has 10 nitrogen and oxygen atoms in total. The summed E-state index contributed by atoms with van der Waals surface area (Å²) in [4.78, 5) is 50.5. The lowest BCUT2D eigenvalue weighted by Crippen LogP contribution is -2.56. The van der Waals surface area contributed by atoms with Crippen molar-refractivity contribution in [2.24, 2.45) is 0 Å². The third-order valence-electron chi connectivity index (χ3n) is 10.3. The SMILES string of the molecule is CC(=O)N1CCN(c2ccc(CN(C(=O)C=Cc3ccc(OC(F)(F)F)cc3)C(Cc3ccccc3)C(=O)N3CCN(Cc4ccc(C#N)cc4)CC3)cc2)CC1. The van der Waals surface area contributed by atoms with Gasteiger partial charge in [-0.2, -0.15) is 5.26 Å². The molecule has 2 aliphatic rings. The van der Waals surface area contributed by atoms with Crippen molar-refractivity contribution in [3.05, 3.63) is 137 Å². The topological polar surface area (TPSA) is 100 Å². The van der Waals surface area contributed by atoms with E-state index in [0.29, 0.717) is 70.0 Å². The number of rotatable bonds is 12. The van der Waals surface area contributed by atoms with Crippen molar-refractivity contribution in [1.29, 1.82) is 5.26 Å². The molecule has 1 atom stereocenters. The zero-order valence-electron chi connectivity index (χ0n) is 31.8. The molecule has 0 bridgehead atoms. The van der Waals surface area contributed by atoms with Gasteiger partial charge in [-0.05, 0) is 64.7 Å². The summed E-state index contributed by atoms with van der Waals surface area (Å²) in [7, 11) is 0. The first-order valence-corrected chi connectivity index (χ1v) is 18.9. The fraction of sp³-hybridized carbons (Fsp3) is 0.318. The van der Waals surface area contributed by atoms with Gasteiger partial charge in [0.05, 0.1) is 11.6 Å². The van der Waals surface area contributed by atoms with E-state index in [1.165, 1.54) is 36.4 Å². The molecule has 2 aliphatic heterocycles. The first-order chi connectivity index (χ1) is 27.4. The predicted octanol–water partition coefficient (Wildman–Crippen LogP) is 6.12. The van der Waals surface area contributed by atoms with E-state index in [1.807, 2.05) is 76.5 Å². The molecule has 57 heavy (non-hydrogen) atoms. The van der Waals surface area contributed by atoms with Gasteiger partial charge in [0, 0.05) is 90.6 Å². The number of hydrogen-bond acceptors (Lipinski definition) is 7. The van der Waals surface area contributed by atoms with E-state index < -0.39 is 18.3 Å². The predicted molar refractivity (Wildman–Crippen MR) is 211 cm³/mol. The van der Waals surface area contributed by atoms with Gasteiger partial charge in [-0.3, -0.25) is 19.3 Å². The van der Waals surface area contributed by atoms with E-state index in [0.717, 1.165) is 22.4 Å². The summed E-state index contributed by atoms with van der Waals surface area (Å²) in [5.74, 6) is -0.917. The Morgan fingerprint density at radius 1 is 0.772 bits per heavy atom. The highest BCUT2D eigenvalue weighted by Gasteiger charge is 2.34. The Morgan fingerprint density at radius 2 is 1.39 bits per heavy atom. The minimum absolute atomic E-state index is 0.0564. The van der Waals surface area contributed by atoms with Crippen LogP contribution in [0.2, 0.25) is 0 Å². The van der Waals surface area contributed by atoms with E-state index in [-0.39, 0.29) is 30.5 Å². The summed E-state index contributed by atoms with van der Waals surface area (Å²) >= 11 is 0. The van der Waals surface area contributed by atoms with Crippen molar-refractivity contribution < 1.29 is 32.3 Å². The number of benzene rings is 4. The number of piperazine rings is 2. The maximum atomic E-state index is 14.7. The van der Waals surface area contributed by atoms with Gasteiger partial charge in [0.25, 0.3) is 0 Å². The van der Waals surface area contributed by atoms with E-state index in [1.54, 1.807) is 24.0 Å². The van der Waals surface area contributed by atoms with Crippen LogP contribution in [0.25, 0.3) is 6.08 Å². The zero-order chi connectivity index (χ0) is 40.4. The molecule has 4 aromatic carbocycles. The third-order valence-corrected chi connectivity index (χ3v) is 10.3. The molecule has 296 valence electrons. The number of anilines is 1. The minimum Gasteiger partial charge on any atom is -0.406 e. The molecule has 1 unspecified atom stereocenters. The van der Waals surface area contributed by atoms with Crippen LogP contribution in [-0.4, -0.2) is 102 Å². The van der Waals surface area contributed by atoms with Crippen LogP contribution >= 0.6 is 0 Å². The van der Waals surface area contributed by atoms with E-state index >= 15 is 0 Å². The maximum Gasteiger partial charge on any atom is 0.573 e. The smallest absolute Gasteiger partial charge is 0.406 e. The summed E-state index contributed by atoms with van der Waals surface area (Å²) < 4.78 is 42.2. The summed E-state index contributed by atoms with van der Waals surface area (Å²) in [6.07, 6.45) is -1.69. The number of alkyl halides is 3. The molecule has 0 radical (unpaired) electrons. The molecule has 4 aromatic rings. The molecule has 2 saturated heterocycles. The standard InChI is InChI=1S/C44H45F3N6O4/c1-33(54)50-25-27-51(28-26-50)39-16-11-38(12-17-39)32-53(42(55)20-15-34-13-18-40(19-14-34)57-44(45,46)47)41(29-35-5-3-2-4-6-35)43(56)52-23-21-49(22-24-52)31-37-9-7-36(30-48)8-10-37/h2-20,41H,21-29,31-32H2,1H3. The second-order valence-corrected chi connectivity index (χ2v) is 14.2. The number of hydrogen-bond donors (Lipinski definition) is 0. The summed E-state index contributed by atoms with van der Waals surface area (Å²) in [5, 5.41) is 9.16. The van der Waals surface area contributed by atoms with Crippen molar-refractivity contribution in [3.8, 4) is 11.8 Å². The first-order valence-electron chi connectivity index (χ1n) is 18.9. The molecule has 13 heteroatoms. The number of carbonyl (C=O) groups excluding carboxylic acids is 3. The van der Waals surface area contributed by atoms with Crippen LogP contribution in [0.3, 0.4) is 0 Å². The van der Waals surface area contributed by atoms with Crippen molar-refractivity contribution in [1.82, 2.24) is 19.6 Å². The van der Waals surface area contributed by atoms with Gasteiger partial charge in [0.1, 0.15) is 11.8 Å². The Labute approximate surface area is 330 Å². The van der Waals surface area contributed by atoms with Crippen LogP contribution in [0.15, 0.2) is 109 Å². The Balaban J connectivity index is 1.24. The van der Waals surface area contributed by atoms with Crippen LogP contribution in [0.5, 0.6) is 5.75 Å². The quantitative estimate of drug-likeness (QED) is 0.160. The molecule has 0 spiro atoms.